The van der Waals surface area contributed by atoms with Crippen molar-refractivity contribution >= 4 is 17.1 Å². The van der Waals surface area contributed by atoms with E-state index in [9.17, 15) is 20.1 Å². The Morgan fingerprint density at radius 2 is 1.93 bits per heavy atom. The monoisotopic (exact) mass is 383 g/mol. The van der Waals surface area contributed by atoms with Crippen LogP contribution in [-0.4, -0.2) is 59.8 Å². The van der Waals surface area contributed by atoms with Gasteiger partial charge in [0.1, 0.15) is 18.3 Å². The summed E-state index contributed by atoms with van der Waals surface area (Å²) in [5.41, 5.74) is 5.80. The smallest absolute Gasteiger partial charge is 0.280 e. The van der Waals surface area contributed by atoms with Gasteiger partial charge in [-0.15, -0.1) is 0 Å². The fourth-order valence-corrected chi connectivity index (χ4v) is 3.07. The summed E-state index contributed by atoms with van der Waals surface area (Å²) in [5, 5.41) is 29.9. The molecule has 1 aromatic carbocycles. The Morgan fingerprint density at radius 3 is 2.61 bits per heavy atom. The Labute approximate surface area is 158 Å². The molecule has 28 heavy (non-hydrogen) atoms. The molecule has 0 aliphatic carbocycles. The van der Waals surface area contributed by atoms with Gasteiger partial charge in [-0.2, -0.15) is 4.98 Å². The molecular weight excluding hydrogens is 366 g/mol. The minimum atomic E-state index is -1.39. The Bertz CT molecular complexity index is 1130. The number of nitrogen functional groups attached to an aromatic ring is 1. The number of anilines is 1. The molecule has 1 unspecified atom stereocenters. The number of nitrogens with two attached hydrogens (primary N) is 1. The fourth-order valence-electron chi connectivity index (χ4n) is 3.07. The van der Waals surface area contributed by atoms with Crippen LogP contribution in [0.25, 0.3) is 11.2 Å². The van der Waals surface area contributed by atoms with Gasteiger partial charge in [-0.1, -0.05) is 24.1 Å². The van der Waals surface area contributed by atoms with Crippen LogP contribution >= 0.6 is 0 Å². The zero-order valence-corrected chi connectivity index (χ0v) is 14.5. The second kappa shape index (κ2) is 7.06. The highest BCUT2D eigenvalue weighted by Gasteiger charge is 2.45. The molecule has 4 rings (SSSR count). The van der Waals surface area contributed by atoms with Gasteiger partial charge in [0.05, 0.1) is 6.61 Å². The van der Waals surface area contributed by atoms with Crippen LogP contribution < -0.4 is 11.3 Å². The third-order valence-electron chi connectivity index (χ3n) is 4.43. The number of aromatic nitrogens is 4. The number of hydrogen-bond acceptors (Lipinski definition) is 8. The predicted octanol–water partition coefficient (Wildman–Crippen LogP) is -1.29. The van der Waals surface area contributed by atoms with E-state index in [2.05, 4.69) is 26.8 Å². The zero-order chi connectivity index (χ0) is 19.8. The number of H-pyrrole nitrogens is 1. The largest absolute Gasteiger partial charge is 0.394 e. The van der Waals surface area contributed by atoms with Gasteiger partial charge in [0.25, 0.3) is 5.56 Å². The van der Waals surface area contributed by atoms with Crippen LogP contribution in [0.5, 0.6) is 0 Å². The summed E-state index contributed by atoms with van der Waals surface area (Å²) in [6.45, 7) is -0.497. The molecule has 1 aliphatic heterocycles. The highest BCUT2D eigenvalue weighted by molar-refractivity contribution is 5.73. The molecule has 0 saturated carbocycles. The van der Waals surface area contributed by atoms with Crippen LogP contribution in [-0.2, 0) is 4.74 Å². The Kier molecular flexibility index (Phi) is 4.58. The molecule has 0 radical (unpaired) electrons. The summed E-state index contributed by atoms with van der Waals surface area (Å²) in [6.07, 6.45) is -4.89. The van der Waals surface area contributed by atoms with E-state index in [1.165, 1.54) is 4.57 Å². The maximum atomic E-state index is 12.2. The molecule has 144 valence electrons. The SMILES string of the molecule is Nc1nc2c(nc(C#Cc3ccccc3)n2[C@@H]2O[C@H](CO)[C@H](O)C2O)c(=O)[nH]1. The third-order valence-corrected chi connectivity index (χ3v) is 4.43. The van der Waals surface area contributed by atoms with E-state index in [0.717, 1.165) is 0 Å². The van der Waals surface area contributed by atoms with Gasteiger partial charge in [-0.3, -0.25) is 14.3 Å². The lowest BCUT2D eigenvalue weighted by molar-refractivity contribution is -0.0514. The third kappa shape index (κ3) is 3.02. The lowest BCUT2D eigenvalue weighted by atomic mass is 10.1. The van der Waals surface area contributed by atoms with Crippen LogP contribution in [0.3, 0.4) is 0 Å². The molecule has 1 saturated heterocycles. The van der Waals surface area contributed by atoms with Crippen molar-refractivity contribution in [3.05, 3.63) is 52.1 Å². The summed E-state index contributed by atoms with van der Waals surface area (Å²) in [7, 11) is 0. The van der Waals surface area contributed by atoms with Crippen LogP contribution in [0.15, 0.2) is 35.1 Å². The summed E-state index contributed by atoms with van der Waals surface area (Å²) in [4.78, 5) is 22.9. The molecule has 2 aromatic heterocycles. The first-order valence-electron chi connectivity index (χ1n) is 8.47. The van der Waals surface area contributed by atoms with E-state index in [1.807, 2.05) is 18.2 Å². The van der Waals surface area contributed by atoms with Crippen molar-refractivity contribution in [1.82, 2.24) is 19.5 Å². The van der Waals surface area contributed by atoms with Gasteiger partial charge in [-0.25, -0.2) is 4.98 Å². The molecular formula is C18H17N5O5. The number of aliphatic hydroxyl groups is 3. The van der Waals surface area contributed by atoms with Crippen molar-refractivity contribution in [2.75, 3.05) is 12.3 Å². The van der Waals surface area contributed by atoms with Gasteiger partial charge in [0.2, 0.25) is 5.95 Å². The summed E-state index contributed by atoms with van der Waals surface area (Å²) in [6, 6.07) is 9.11. The van der Waals surface area contributed by atoms with Gasteiger partial charge in [0.15, 0.2) is 23.2 Å². The number of nitrogens with one attached hydrogen (secondary N) is 1. The molecule has 0 amide bonds. The van der Waals surface area contributed by atoms with E-state index in [1.54, 1.807) is 12.1 Å². The second-order valence-electron chi connectivity index (χ2n) is 6.27. The van der Waals surface area contributed by atoms with Gasteiger partial charge in [0, 0.05) is 5.56 Å². The molecule has 10 heteroatoms. The maximum absolute atomic E-state index is 12.2. The normalized spacial score (nSPS) is 24.2. The number of aliphatic hydroxyl groups excluding tert-OH is 3. The van der Waals surface area contributed by atoms with Crippen molar-refractivity contribution in [3.8, 4) is 11.8 Å². The lowest BCUT2D eigenvalue weighted by Crippen LogP contribution is -2.33. The van der Waals surface area contributed by atoms with E-state index in [4.69, 9.17) is 10.5 Å². The molecule has 1 aliphatic rings. The summed E-state index contributed by atoms with van der Waals surface area (Å²) in [5.74, 6) is 5.71. The van der Waals surface area contributed by atoms with Gasteiger partial charge in [-0.05, 0) is 18.1 Å². The summed E-state index contributed by atoms with van der Waals surface area (Å²) >= 11 is 0. The van der Waals surface area contributed by atoms with Crippen molar-refractivity contribution in [2.24, 2.45) is 0 Å². The van der Waals surface area contributed by atoms with Crippen LogP contribution in [0.4, 0.5) is 5.95 Å². The molecule has 4 atom stereocenters. The molecule has 3 heterocycles. The van der Waals surface area contributed by atoms with E-state index >= 15 is 0 Å². The molecule has 10 nitrogen and oxygen atoms in total. The quantitative estimate of drug-likeness (QED) is 0.342. The Hall–Kier alpha value is -3.23. The highest BCUT2D eigenvalue weighted by atomic mass is 16.6. The number of nitrogens with zero attached hydrogens (tertiary/aromatic N) is 3. The average Bonchev–Trinajstić information content (AvgIpc) is 3.18. The molecule has 3 aromatic rings. The first kappa shape index (κ1) is 18.1. The topological polar surface area (TPSA) is 160 Å². The number of fused-ring (bicyclic) bond motifs is 1. The minimum absolute atomic E-state index is 0.0377. The van der Waals surface area contributed by atoms with Crippen molar-refractivity contribution in [2.45, 2.75) is 24.5 Å². The van der Waals surface area contributed by atoms with Crippen LogP contribution in [0, 0.1) is 11.8 Å². The molecule has 6 N–H and O–H groups in total. The highest BCUT2D eigenvalue weighted by Crippen LogP contribution is 2.32. The average molecular weight is 383 g/mol. The number of hydrogen-bond donors (Lipinski definition) is 5. The van der Waals surface area contributed by atoms with Gasteiger partial charge < -0.3 is 25.8 Å². The zero-order valence-electron chi connectivity index (χ0n) is 14.5. The van der Waals surface area contributed by atoms with Crippen LogP contribution in [0.2, 0.25) is 0 Å². The summed E-state index contributed by atoms with van der Waals surface area (Å²) < 4.78 is 6.88. The lowest BCUT2D eigenvalue weighted by Gasteiger charge is -2.17. The standard InChI is InChI=1S/C18H17N5O5/c19-18-21-15-12(16(27)22-18)20-11(7-6-9-4-2-1-3-5-9)23(15)17-14(26)13(25)10(8-24)28-17/h1-5,10,13-14,17,24-26H,8H2,(H3,19,21,22,27)/t10-,13+,14?,17-/m1/s1. The number of benzene rings is 1. The van der Waals surface area contributed by atoms with E-state index in [-0.39, 0.29) is 22.9 Å². The van der Waals surface area contributed by atoms with Crippen LogP contribution in [0.1, 0.15) is 17.6 Å². The Balaban J connectivity index is 1.90. The maximum Gasteiger partial charge on any atom is 0.280 e. The first-order valence-corrected chi connectivity index (χ1v) is 8.47. The molecule has 1 fully saturated rings. The van der Waals surface area contributed by atoms with Crippen molar-refractivity contribution in [3.63, 3.8) is 0 Å². The first-order chi connectivity index (χ1) is 13.5. The van der Waals surface area contributed by atoms with E-state index in [0.29, 0.717) is 5.56 Å². The second-order valence-corrected chi connectivity index (χ2v) is 6.27. The van der Waals surface area contributed by atoms with Gasteiger partial charge >= 0.3 is 0 Å². The number of ether oxygens (including phenoxy) is 1. The Morgan fingerprint density at radius 1 is 1.18 bits per heavy atom. The molecule has 0 spiro atoms. The number of imidazole rings is 1. The molecule has 0 bridgehead atoms. The fraction of sp³-hybridized carbons (Fsp3) is 0.278. The number of aromatic amines is 1. The minimum Gasteiger partial charge on any atom is -0.394 e. The predicted molar refractivity (Wildman–Crippen MR) is 98.0 cm³/mol. The van der Waals surface area contributed by atoms with Crippen molar-refractivity contribution < 1.29 is 20.1 Å². The number of rotatable bonds is 2. The van der Waals surface area contributed by atoms with E-state index < -0.39 is 36.7 Å². The van der Waals surface area contributed by atoms with Crippen molar-refractivity contribution in [1.29, 1.82) is 0 Å².